The Morgan fingerprint density at radius 3 is 2.74 bits per heavy atom. The lowest BCUT2D eigenvalue weighted by atomic mass is 10.1. The molecule has 140 valence electrons. The Labute approximate surface area is 167 Å². The number of rotatable bonds is 7. The fourth-order valence-electron chi connectivity index (χ4n) is 2.58. The van der Waals surface area contributed by atoms with E-state index in [-0.39, 0.29) is 17.7 Å². The van der Waals surface area contributed by atoms with E-state index in [9.17, 15) is 4.79 Å². The highest BCUT2D eigenvalue weighted by Gasteiger charge is 2.14. The van der Waals surface area contributed by atoms with Crippen LogP contribution in [-0.2, 0) is 11.2 Å². The molecule has 1 N–H and O–H groups in total. The molecule has 3 rings (SSSR count). The summed E-state index contributed by atoms with van der Waals surface area (Å²) < 4.78 is 1.57. The fourth-order valence-corrected chi connectivity index (χ4v) is 3.46. The van der Waals surface area contributed by atoms with E-state index in [0.717, 1.165) is 17.7 Å². The van der Waals surface area contributed by atoms with Gasteiger partial charge in [0.1, 0.15) is 0 Å². The molecule has 0 aliphatic carbocycles. The Morgan fingerprint density at radius 2 is 2.04 bits per heavy atom. The van der Waals surface area contributed by atoms with E-state index < -0.39 is 0 Å². The minimum Gasteiger partial charge on any atom is -0.349 e. The van der Waals surface area contributed by atoms with Crippen molar-refractivity contribution in [2.75, 3.05) is 5.75 Å². The van der Waals surface area contributed by atoms with Gasteiger partial charge in [-0.15, -0.1) is 5.10 Å². The van der Waals surface area contributed by atoms with E-state index in [1.807, 2.05) is 19.1 Å². The molecular formula is C19H20ClN5OS. The fraction of sp³-hybridized carbons (Fsp3) is 0.263. The summed E-state index contributed by atoms with van der Waals surface area (Å²) in [7, 11) is 0. The highest BCUT2D eigenvalue weighted by atomic mass is 35.5. The molecule has 1 aromatic heterocycles. The van der Waals surface area contributed by atoms with Gasteiger partial charge in [0, 0.05) is 5.02 Å². The number of hydrogen-bond donors (Lipinski definition) is 1. The molecule has 1 atom stereocenters. The molecule has 0 radical (unpaired) electrons. The number of aryl methyl sites for hydroxylation is 1. The first-order valence-electron chi connectivity index (χ1n) is 8.62. The monoisotopic (exact) mass is 401 g/mol. The molecular weight excluding hydrogens is 382 g/mol. The number of hydrogen-bond acceptors (Lipinski definition) is 5. The number of tetrazole rings is 1. The van der Waals surface area contributed by atoms with Gasteiger partial charge in [0.2, 0.25) is 11.1 Å². The summed E-state index contributed by atoms with van der Waals surface area (Å²) in [5.41, 5.74) is 3.11. The van der Waals surface area contributed by atoms with Crippen molar-refractivity contribution in [3.63, 3.8) is 0 Å². The summed E-state index contributed by atoms with van der Waals surface area (Å²) in [6, 6.07) is 15.5. The molecule has 1 amide bonds. The van der Waals surface area contributed by atoms with Gasteiger partial charge >= 0.3 is 0 Å². The van der Waals surface area contributed by atoms with Crippen LogP contribution >= 0.6 is 23.4 Å². The molecule has 27 heavy (non-hydrogen) atoms. The van der Waals surface area contributed by atoms with Gasteiger partial charge in [-0.25, -0.2) is 0 Å². The summed E-state index contributed by atoms with van der Waals surface area (Å²) in [6.45, 7) is 4.09. The predicted molar refractivity (Wildman–Crippen MR) is 107 cm³/mol. The van der Waals surface area contributed by atoms with Crippen molar-refractivity contribution >= 4 is 29.3 Å². The Balaban J connectivity index is 1.59. The lowest BCUT2D eigenvalue weighted by Crippen LogP contribution is -2.28. The van der Waals surface area contributed by atoms with Crippen molar-refractivity contribution in [3.05, 3.63) is 64.7 Å². The molecule has 0 saturated carbocycles. The topological polar surface area (TPSA) is 72.7 Å². The van der Waals surface area contributed by atoms with E-state index >= 15 is 0 Å². The molecule has 0 bridgehead atoms. The zero-order valence-electron chi connectivity index (χ0n) is 15.1. The van der Waals surface area contributed by atoms with Crippen molar-refractivity contribution < 1.29 is 4.79 Å². The number of carbonyl (C=O) groups is 1. The van der Waals surface area contributed by atoms with Crippen molar-refractivity contribution in [2.45, 2.75) is 31.5 Å². The van der Waals surface area contributed by atoms with E-state index in [1.165, 1.54) is 17.3 Å². The molecule has 3 aromatic rings. The summed E-state index contributed by atoms with van der Waals surface area (Å²) in [5.74, 6) is 0.144. The van der Waals surface area contributed by atoms with Crippen LogP contribution in [0.25, 0.3) is 5.69 Å². The van der Waals surface area contributed by atoms with Crippen LogP contribution in [0, 0.1) is 0 Å². The first-order valence-corrected chi connectivity index (χ1v) is 9.98. The maximum absolute atomic E-state index is 12.3. The zero-order chi connectivity index (χ0) is 19.2. The van der Waals surface area contributed by atoms with Crippen LogP contribution in [-0.4, -0.2) is 31.9 Å². The normalized spacial score (nSPS) is 12.0. The van der Waals surface area contributed by atoms with Gasteiger partial charge in [-0.2, -0.15) is 4.68 Å². The lowest BCUT2D eigenvalue weighted by molar-refractivity contribution is -0.119. The molecule has 2 aromatic carbocycles. The average Bonchev–Trinajstić information content (AvgIpc) is 3.15. The van der Waals surface area contributed by atoms with Crippen molar-refractivity contribution in [2.24, 2.45) is 0 Å². The third-order valence-corrected chi connectivity index (χ3v) is 5.25. The maximum Gasteiger partial charge on any atom is 0.230 e. The molecule has 1 heterocycles. The van der Waals surface area contributed by atoms with Gasteiger partial charge in [0.25, 0.3) is 0 Å². The maximum atomic E-state index is 12.3. The van der Waals surface area contributed by atoms with Crippen LogP contribution in [0.3, 0.4) is 0 Å². The number of benzene rings is 2. The Bertz CT molecular complexity index is 912. The first-order chi connectivity index (χ1) is 13.1. The number of nitrogens with one attached hydrogen (secondary N) is 1. The highest BCUT2D eigenvalue weighted by molar-refractivity contribution is 7.99. The van der Waals surface area contributed by atoms with Crippen LogP contribution in [0.15, 0.2) is 53.7 Å². The Kier molecular flexibility index (Phi) is 6.47. The third kappa shape index (κ3) is 5.08. The van der Waals surface area contributed by atoms with E-state index in [4.69, 9.17) is 11.6 Å². The summed E-state index contributed by atoms with van der Waals surface area (Å²) in [6.07, 6.45) is 0.999. The average molecular weight is 402 g/mol. The second-order valence-corrected chi connectivity index (χ2v) is 7.41. The molecule has 8 heteroatoms. The molecule has 0 fully saturated rings. The SMILES string of the molecule is CCc1ccc([C@H](C)NC(=O)CSc2nnnn2-c2cccc(Cl)c2)cc1. The number of amides is 1. The van der Waals surface area contributed by atoms with Crippen LogP contribution in [0.2, 0.25) is 5.02 Å². The molecule has 0 aliphatic heterocycles. The molecule has 0 aliphatic rings. The number of carbonyl (C=O) groups excluding carboxylic acids is 1. The van der Waals surface area contributed by atoms with Crippen molar-refractivity contribution in [1.82, 2.24) is 25.5 Å². The number of aromatic nitrogens is 4. The minimum atomic E-state index is -0.0762. The van der Waals surface area contributed by atoms with E-state index in [2.05, 4.69) is 52.0 Å². The first kappa shape index (κ1) is 19.4. The van der Waals surface area contributed by atoms with Gasteiger partial charge in [0.05, 0.1) is 17.5 Å². The quantitative estimate of drug-likeness (QED) is 0.609. The van der Waals surface area contributed by atoms with Crippen LogP contribution in [0.1, 0.15) is 31.0 Å². The largest absolute Gasteiger partial charge is 0.349 e. The summed E-state index contributed by atoms with van der Waals surface area (Å²) in [5, 5.41) is 15.8. The van der Waals surface area contributed by atoms with Gasteiger partial charge < -0.3 is 5.32 Å². The molecule has 6 nitrogen and oxygen atoms in total. The second-order valence-electron chi connectivity index (χ2n) is 6.03. The number of halogens is 1. The Hall–Kier alpha value is -2.38. The molecule has 0 spiro atoms. The molecule has 0 saturated heterocycles. The predicted octanol–water partition coefficient (Wildman–Crippen LogP) is 3.85. The number of nitrogens with zero attached hydrogens (tertiary/aromatic N) is 4. The molecule has 0 unspecified atom stereocenters. The summed E-state index contributed by atoms with van der Waals surface area (Å²) in [4.78, 5) is 12.3. The van der Waals surface area contributed by atoms with Crippen molar-refractivity contribution in [1.29, 1.82) is 0 Å². The smallest absolute Gasteiger partial charge is 0.230 e. The standard InChI is InChI=1S/C19H20ClN5OS/c1-3-14-7-9-15(10-8-14)13(2)21-18(26)12-27-19-22-23-24-25(19)17-6-4-5-16(20)11-17/h4-11,13H,3,12H2,1-2H3,(H,21,26)/t13-/m0/s1. The van der Waals surface area contributed by atoms with Crippen LogP contribution in [0.5, 0.6) is 0 Å². The summed E-state index contributed by atoms with van der Waals surface area (Å²) >= 11 is 7.30. The van der Waals surface area contributed by atoms with E-state index in [1.54, 1.807) is 16.8 Å². The third-order valence-electron chi connectivity index (χ3n) is 4.09. The minimum absolute atomic E-state index is 0.0621. The second kappa shape index (κ2) is 9.01. The zero-order valence-corrected chi connectivity index (χ0v) is 16.7. The van der Waals surface area contributed by atoms with Crippen molar-refractivity contribution in [3.8, 4) is 5.69 Å². The van der Waals surface area contributed by atoms with Gasteiger partial charge in [-0.05, 0) is 53.1 Å². The van der Waals surface area contributed by atoms with Crippen LogP contribution in [0.4, 0.5) is 0 Å². The van der Waals surface area contributed by atoms with Gasteiger partial charge in [0.15, 0.2) is 0 Å². The van der Waals surface area contributed by atoms with Gasteiger partial charge in [-0.1, -0.05) is 60.6 Å². The van der Waals surface area contributed by atoms with Crippen LogP contribution < -0.4 is 5.32 Å². The number of thioether (sulfide) groups is 1. The lowest BCUT2D eigenvalue weighted by Gasteiger charge is -2.14. The van der Waals surface area contributed by atoms with E-state index in [0.29, 0.717) is 10.2 Å². The Morgan fingerprint density at radius 1 is 1.26 bits per heavy atom. The van der Waals surface area contributed by atoms with Gasteiger partial charge in [-0.3, -0.25) is 4.79 Å². The highest BCUT2D eigenvalue weighted by Crippen LogP contribution is 2.21.